The molecule has 0 saturated heterocycles. The van der Waals surface area contributed by atoms with Crippen LogP contribution >= 0.6 is 0 Å². The van der Waals surface area contributed by atoms with Gasteiger partial charge in [-0.2, -0.15) is 0 Å². The molecule has 3 aromatic heterocycles. The van der Waals surface area contributed by atoms with Crippen molar-refractivity contribution >= 4 is 27.3 Å². The molecule has 0 aliphatic rings. The van der Waals surface area contributed by atoms with Gasteiger partial charge in [-0.15, -0.1) is 0 Å². The van der Waals surface area contributed by atoms with Crippen LogP contribution < -0.4 is 5.63 Å². The maximum Gasteiger partial charge on any atom is 0.344 e. The lowest BCUT2D eigenvalue weighted by Gasteiger charge is -2.04. The Kier molecular flexibility index (Phi) is 2.65. The molecule has 0 atom stereocenters. The first-order chi connectivity index (χ1) is 11.8. The Hall–Kier alpha value is -3.33. The zero-order valence-electron chi connectivity index (χ0n) is 12.8. The summed E-state index contributed by atoms with van der Waals surface area (Å²) in [4.78, 5) is 12.4. The fraction of sp³-hybridized carbons (Fsp3) is 0. The maximum absolute atomic E-state index is 12.4. The fourth-order valence-corrected chi connectivity index (χ4v) is 3.44. The van der Waals surface area contributed by atoms with Gasteiger partial charge in [0.2, 0.25) is 0 Å². The van der Waals surface area contributed by atoms with Crippen LogP contribution in [0, 0.1) is 0 Å². The SMILES string of the molecule is O=c1oc2c(c(-c3ccccc3)n3ccccc23)c2ccccc12. The van der Waals surface area contributed by atoms with Gasteiger partial charge >= 0.3 is 5.63 Å². The Morgan fingerprint density at radius 3 is 2.29 bits per heavy atom. The Morgan fingerprint density at radius 2 is 1.46 bits per heavy atom. The molecule has 0 unspecified atom stereocenters. The van der Waals surface area contributed by atoms with Gasteiger partial charge < -0.3 is 8.82 Å². The summed E-state index contributed by atoms with van der Waals surface area (Å²) in [6.45, 7) is 0. The average Bonchev–Trinajstić information content (AvgIpc) is 2.97. The van der Waals surface area contributed by atoms with E-state index in [2.05, 4.69) is 16.5 Å². The molecule has 0 spiro atoms. The highest BCUT2D eigenvalue weighted by Gasteiger charge is 2.18. The number of nitrogens with zero attached hydrogens (tertiary/aromatic N) is 1. The predicted molar refractivity (Wildman–Crippen MR) is 96.4 cm³/mol. The van der Waals surface area contributed by atoms with Crippen LogP contribution in [-0.2, 0) is 0 Å². The molecule has 5 aromatic rings. The minimum atomic E-state index is -0.297. The molecular weight excluding hydrogens is 298 g/mol. The summed E-state index contributed by atoms with van der Waals surface area (Å²) in [7, 11) is 0. The highest BCUT2D eigenvalue weighted by Crippen LogP contribution is 2.37. The number of hydrogen-bond acceptors (Lipinski definition) is 2. The molecule has 114 valence electrons. The van der Waals surface area contributed by atoms with E-state index in [4.69, 9.17) is 4.42 Å². The van der Waals surface area contributed by atoms with Crippen LogP contribution in [0.1, 0.15) is 0 Å². The molecule has 0 radical (unpaired) electrons. The van der Waals surface area contributed by atoms with E-state index in [1.807, 2.05) is 66.9 Å². The molecule has 3 heterocycles. The van der Waals surface area contributed by atoms with Crippen molar-refractivity contribution in [3.8, 4) is 11.3 Å². The van der Waals surface area contributed by atoms with Gasteiger partial charge in [-0.3, -0.25) is 0 Å². The Balaban J connectivity index is 2.14. The summed E-state index contributed by atoms with van der Waals surface area (Å²) in [6.07, 6.45) is 2.01. The van der Waals surface area contributed by atoms with Gasteiger partial charge in [0.1, 0.15) is 0 Å². The number of hydrogen-bond donors (Lipinski definition) is 0. The first-order valence-corrected chi connectivity index (χ1v) is 7.84. The van der Waals surface area contributed by atoms with Crippen molar-refractivity contribution in [3.63, 3.8) is 0 Å². The minimum Gasteiger partial charge on any atom is -0.420 e. The molecule has 0 aliphatic carbocycles. The number of benzene rings is 2. The molecule has 24 heavy (non-hydrogen) atoms. The maximum atomic E-state index is 12.4. The monoisotopic (exact) mass is 311 g/mol. The van der Waals surface area contributed by atoms with E-state index in [-0.39, 0.29) is 5.63 Å². The Bertz CT molecular complexity index is 1260. The van der Waals surface area contributed by atoms with Gasteiger partial charge in [0.15, 0.2) is 5.58 Å². The quantitative estimate of drug-likeness (QED) is 0.443. The van der Waals surface area contributed by atoms with Crippen molar-refractivity contribution < 1.29 is 4.42 Å². The van der Waals surface area contributed by atoms with E-state index < -0.39 is 0 Å². The van der Waals surface area contributed by atoms with Gasteiger partial charge in [-0.1, -0.05) is 54.6 Å². The summed E-state index contributed by atoms with van der Waals surface area (Å²) in [5.41, 5.74) is 3.37. The average molecular weight is 311 g/mol. The number of aromatic nitrogens is 1. The van der Waals surface area contributed by atoms with Crippen LogP contribution in [0.4, 0.5) is 0 Å². The molecule has 0 saturated carbocycles. The highest BCUT2D eigenvalue weighted by molar-refractivity contribution is 6.16. The third kappa shape index (κ3) is 1.69. The van der Waals surface area contributed by atoms with Crippen molar-refractivity contribution in [3.05, 3.63) is 89.4 Å². The Labute approximate surface area is 137 Å². The molecule has 5 rings (SSSR count). The number of fused-ring (bicyclic) bond motifs is 5. The fourth-order valence-electron chi connectivity index (χ4n) is 3.44. The smallest absolute Gasteiger partial charge is 0.344 e. The van der Waals surface area contributed by atoms with E-state index in [1.165, 1.54) is 0 Å². The van der Waals surface area contributed by atoms with Gasteiger partial charge in [0, 0.05) is 11.6 Å². The third-order valence-electron chi connectivity index (χ3n) is 4.46. The van der Waals surface area contributed by atoms with E-state index >= 15 is 0 Å². The van der Waals surface area contributed by atoms with Crippen molar-refractivity contribution in [2.24, 2.45) is 0 Å². The molecule has 0 fully saturated rings. The molecule has 3 heteroatoms. The highest BCUT2D eigenvalue weighted by atomic mass is 16.4. The Morgan fingerprint density at radius 1 is 0.750 bits per heavy atom. The second kappa shape index (κ2) is 4.83. The molecular formula is C21H13NO2. The van der Waals surface area contributed by atoms with Gasteiger partial charge in [0.25, 0.3) is 0 Å². The van der Waals surface area contributed by atoms with Crippen LogP contribution in [0.5, 0.6) is 0 Å². The minimum absolute atomic E-state index is 0.297. The molecule has 0 N–H and O–H groups in total. The molecule has 0 aliphatic heterocycles. The third-order valence-corrected chi connectivity index (χ3v) is 4.46. The summed E-state index contributed by atoms with van der Waals surface area (Å²) in [5, 5.41) is 2.51. The van der Waals surface area contributed by atoms with E-state index in [0.717, 1.165) is 27.5 Å². The van der Waals surface area contributed by atoms with Crippen molar-refractivity contribution in [1.29, 1.82) is 0 Å². The van der Waals surface area contributed by atoms with Gasteiger partial charge in [-0.05, 0) is 23.8 Å². The lowest BCUT2D eigenvalue weighted by Crippen LogP contribution is -1.98. The van der Waals surface area contributed by atoms with Crippen LogP contribution in [0.25, 0.3) is 38.5 Å². The van der Waals surface area contributed by atoms with Gasteiger partial charge in [0.05, 0.1) is 22.0 Å². The summed E-state index contributed by atoms with van der Waals surface area (Å²) in [6, 6.07) is 23.7. The normalized spacial score (nSPS) is 11.5. The lowest BCUT2D eigenvalue weighted by molar-refractivity contribution is 0.573. The van der Waals surface area contributed by atoms with Crippen molar-refractivity contribution in [2.75, 3.05) is 0 Å². The standard InChI is InChI=1S/C21H13NO2/c23-21-16-11-5-4-10-15(16)18-19(14-8-2-1-3-9-14)22-13-7-6-12-17(22)20(18)24-21/h1-13H. The van der Waals surface area contributed by atoms with Crippen LogP contribution in [0.15, 0.2) is 88.2 Å². The van der Waals surface area contributed by atoms with Crippen LogP contribution in [-0.4, -0.2) is 4.40 Å². The van der Waals surface area contributed by atoms with E-state index in [1.54, 1.807) is 0 Å². The van der Waals surface area contributed by atoms with Gasteiger partial charge in [-0.25, -0.2) is 4.79 Å². The lowest BCUT2D eigenvalue weighted by atomic mass is 10.0. The van der Waals surface area contributed by atoms with E-state index in [0.29, 0.717) is 11.0 Å². The first kappa shape index (κ1) is 13.1. The van der Waals surface area contributed by atoms with Crippen molar-refractivity contribution in [1.82, 2.24) is 4.40 Å². The largest absolute Gasteiger partial charge is 0.420 e. The number of rotatable bonds is 1. The number of pyridine rings is 1. The first-order valence-electron chi connectivity index (χ1n) is 7.84. The molecule has 2 aromatic carbocycles. The second-order valence-corrected chi connectivity index (χ2v) is 5.81. The van der Waals surface area contributed by atoms with E-state index in [9.17, 15) is 4.79 Å². The zero-order valence-corrected chi connectivity index (χ0v) is 12.8. The molecule has 0 bridgehead atoms. The summed E-state index contributed by atoms with van der Waals surface area (Å²) >= 11 is 0. The molecule has 3 nitrogen and oxygen atoms in total. The second-order valence-electron chi connectivity index (χ2n) is 5.81. The predicted octanol–water partition coefficient (Wildman–Crippen LogP) is 4.87. The summed E-state index contributed by atoms with van der Waals surface area (Å²) in [5.74, 6) is 0. The summed E-state index contributed by atoms with van der Waals surface area (Å²) < 4.78 is 7.81. The van der Waals surface area contributed by atoms with Crippen molar-refractivity contribution in [2.45, 2.75) is 0 Å². The van der Waals surface area contributed by atoms with Crippen LogP contribution in [0.2, 0.25) is 0 Å². The van der Waals surface area contributed by atoms with Crippen LogP contribution in [0.3, 0.4) is 0 Å². The molecule has 0 amide bonds. The topological polar surface area (TPSA) is 34.6 Å². The zero-order chi connectivity index (χ0) is 16.1.